The summed E-state index contributed by atoms with van der Waals surface area (Å²) in [6.45, 7) is 5.21. The monoisotopic (exact) mass is 289 g/mol. The molecule has 1 saturated heterocycles. The van der Waals surface area contributed by atoms with Gasteiger partial charge in [0, 0.05) is 50.5 Å². The molecular formula is C17H27N3O. The number of methoxy groups -OCH3 is 1. The van der Waals surface area contributed by atoms with Crippen molar-refractivity contribution < 1.29 is 4.74 Å². The number of nitrogens with two attached hydrogens (primary N) is 1. The second kappa shape index (κ2) is 6.67. The maximum Gasteiger partial charge on any atom is 0.120 e. The molecule has 21 heavy (non-hydrogen) atoms. The van der Waals surface area contributed by atoms with Crippen molar-refractivity contribution in [3.8, 4) is 5.75 Å². The summed E-state index contributed by atoms with van der Waals surface area (Å²) >= 11 is 0. The van der Waals surface area contributed by atoms with E-state index < -0.39 is 0 Å². The van der Waals surface area contributed by atoms with Gasteiger partial charge in [-0.2, -0.15) is 0 Å². The van der Waals surface area contributed by atoms with Gasteiger partial charge in [0.1, 0.15) is 5.75 Å². The van der Waals surface area contributed by atoms with Gasteiger partial charge in [-0.15, -0.1) is 0 Å². The zero-order valence-corrected chi connectivity index (χ0v) is 13.0. The lowest BCUT2D eigenvalue weighted by molar-refractivity contribution is 0.0951. The molecule has 1 aromatic rings. The third-order valence-electron chi connectivity index (χ3n) is 5.14. The lowest BCUT2D eigenvalue weighted by atomic mass is 9.79. The van der Waals surface area contributed by atoms with Crippen LogP contribution in [-0.2, 0) is 0 Å². The lowest BCUT2D eigenvalue weighted by Crippen LogP contribution is -2.55. The molecule has 4 nitrogen and oxygen atoms in total. The molecule has 1 unspecified atom stereocenters. The Morgan fingerprint density at radius 2 is 2.00 bits per heavy atom. The zero-order valence-electron chi connectivity index (χ0n) is 13.0. The first-order chi connectivity index (χ1) is 10.3. The summed E-state index contributed by atoms with van der Waals surface area (Å²) in [5.41, 5.74) is 7.29. The van der Waals surface area contributed by atoms with E-state index in [1.54, 1.807) is 7.11 Å². The molecule has 116 valence electrons. The molecule has 1 atom stereocenters. The van der Waals surface area contributed by atoms with Gasteiger partial charge < -0.3 is 15.4 Å². The number of benzene rings is 1. The highest BCUT2D eigenvalue weighted by atomic mass is 16.5. The number of nitrogens with zero attached hydrogens (tertiary/aromatic N) is 2. The molecule has 0 amide bonds. The second-order valence-electron chi connectivity index (χ2n) is 6.22. The molecule has 3 rings (SSSR count). The van der Waals surface area contributed by atoms with E-state index in [2.05, 4.69) is 28.0 Å². The van der Waals surface area contributed by atoms with Crippen LogP contribution >= 0.6 is 0 Å². The molecule has 0 bridgehead atoms. The van der Waals surface area contributed by atoms with Crippen LogP contribution in [0.25, 0.3) is 0 Å². The zero-order chi connectivity index (χ0) is 14.7. The molecule has 1 aliphatic carbocycles. The molecule has 0 radical (unpaired) electrons. The number of hydrogen-bond donors (Lipinski definition) is 1. The van der Waals surface area contributed by atoms with Crippen LogP contribution in [0.3, 0.4) is 0 Å². The van der Waals surface area contributed by atoms with E-state index in [9.17, 15) is 0 Å². The smallest absolute Gasteiger partial charge is 0.120 e. The van der Waals surface area contributed by atoms with Crippen molar-refractivity contribution in [2.24, 2.45) is 11.7 Å². The molecular weight excluding hydrogens is 262 g/mol. The Morgan fingerprint density at radius 1 is 1.24 bits per heavy atom. The Morgan fingerprint density at radius 3 is 2.57 bits per heavy atom. The Kier molecular flexibility index (Phi) is 4.66. The minimum Gasteiger partial charge on any atom is -0.497 e. The quantitative estimate of drug-likeness (QED) is 0.899. The van der Waals surface area contributed by atoms with E-state index in [0.717, 1.165) is 44.4 Å². The van der Waals surface area contributed by atoms with Gasteiger partial charge in [0.15, 0.2) is 0 Å². The molecule has 4 heteroatoms. The van der Waals surface area contributed by atoms with E-state index >= 15 is 0 Å². The van der Waals surface area contributed by atoms with Crippen LogP contribution in [0.2, 0.25) is 0 Å². The van der Waals surface area contributed by atoms with E-state index in [1.165, 1.54) is 24.9 Å². The van der Waals surface area contributed by atoms with Gasteiger partial charge in [-0.25, -0.2) is 0 Å². The Labute approximate surface area is 127 Å². The fraction of sp³-hybridized carbons (Fsp3) is 0.647. The molecule has 0 aromatic heterocycles. The van der Waals surface area contributed by atoms with Gasteiger partial charge >= 0.3 is 0 Å². The van der Waals surface area contributed by atoms with Crippen molar-refractivity contribution in [1.82, 2.24) is 4.90 Å². The fourth-order valence-corrected chi connectivity index (χ4v) is 3.58. The molecule has 1 aliphatic heterocycles. The molecule has 0 spiro atoms. The van der Waals surface area contributed by atoms with Crippen LogP contribution in [0, 0.1) is 5.92 Å². The summed E-state index contributed by atoms with van der Waals surface area (Å²) in [6, 6.07) is 8.97. The minimum atomic E-state index is 0.603. The maximum absolute atomic E-state index is 6.03. The number of hydrogen-bond acceptors (Lipinski definition) is 4. The number of ether oxygens (including phenoxy) is 1. The average molecular weight is 289 g/mol. The summed E-state index contributed by atoms with van der Waals surface area (Å²) in [5, 5.41) is 0. The van der Waals surface area contributed by atoms with E-state index in [-0.39, 0.29) is 0 Å². The van der Waals surface area contributed by atoms with Crippen molar-refractivity contribution in [1.29, 1.82) is 0 Å². The van der Waals surface area contributed by atoms with Gasteiger partial charge in [0.05, 0.1) is 7.11 Å². The van der Waals surface area contributed by atoms with Crippen LogP contribution in [0.5, 0.6) is 5.75 Å². The van der Waals surface area contributed by atoms with Crippen molar-refractivity contribution in [3.63, 3.8) is 0 Å². The first kappa shape index (κ1) is 14.7. The van der Waals surface area contributed by atoms with E-state index in [1.807, 2.05) is 6.07 Å². The first-order valence-corrected chi connectivity index (χ1v) is 8.15. The molecule has 2 N–H and O–H groups in total. The van der Waals surface area contributed by atoms with E-state index in [4.69, 9.17) is 10.5 Å². The summed E-state index contributed by atoms with van der Waals surface area (Å²) < 4.78 is 5.32. The normalized spacial score (nSPS) is 21.9. The Hall–Kier alpha value is -1.26. The third kappa shape index (κ3) is 3.16. The van der Waals surface area contributed by atoms with Gasteiger partial charge in [0.2, 0.25) is 0 Å². The van der Waals surface area contributed by atoms with Crippen molar-refractivity contribution in [2.75, 3.05) is 44.7 Å². The standard InChI is InChI=1S/C17H27N3O/c1-21-16-7-3-6-15(12-16)19-8-10-20(11-9-19)17(13-18)14-4-2-5-14/h3,6-7,12,14,17H,2,4-5,8-11,13,18H2,1H3. The lowest BCUT2D eigenvalue weighted by Gasteiger charge is -2.45. The van der Waals surface area contributed by atoms with Crippen molar-refractivity contribution in [3.05, 3.63) is 24.3 Å². The highest BCUT2D eigenvalue weighted by Crippen LogP contribution is 2.32. The summed E-state index contributed by atoms with van der Waals surface area (Å²) in [6.07, 6.45) is 4.14. The van der Waals surface area contributed by atoms with Crippen LogP contribution in [0.4, 0.5) is 5.69 Å². The molecule has 2 fully saturated rings. The highest BCUT2D eigenvalue weighted by Gasteiger charge is 2.32. The summed E-state index contributed by atoms with van der Waals surface area (Å²) in [4.78, 5) is 5.06. The summed E-state index contributed by atoms with van der Waals surface area (Å²) in [5.74, 6) is 1.78. The topological polar surface area (TPSA) is 41.7 Å². The maximum atomic E-state index is 6.03. The van der Waals surface area contributed by atoms with Gasteiger partial charge in [0.25, 0.3) is 0 Å². The van der Waals surface area contributed by atoms with Crippen LogP contribution in [0.1, 0.15) is 19.3 Å². The Bertz CT molecular complexity index is 453. The predicted octanol–water partition coefficient (Wildman–Crippen LogP) is 1.94. The average Bonchev–Trinajstić information content (AvgIpc) is 2.51. The number of piperazine rings is 1. The van der Waals surface area contributed by atoms with Crippen LogP contribution in [0.15, 0.2) is 24.3 Å². The van der Waals surface area contributed by atoms with Gasteiger partial charge in [-0.1, -0.05) is 12.5 Å². The minimum absolute atomic E-state index is 0.603. The highest BCUT2D eigenvalue weighted by molar-refractivity contribution is 5.51. The number of anilines is 1. The first-order valence-electron chi connectivity index (χ1n) is 8.15. The molecule has 2 aliphatic rings. The van der Waals surface area contributed by atoms with E-state index in [0.29, 0.717) is 6.04 Å². The molecule has 1 aromatic carbocycles. The largest absolute Gasteiger partial charge is 0.497 e. The number of rotatable bonds is 5. The fourth-order valence-electron chi connectivity index (χ4n) is 3.58. The van der Waals surface area contributed by atoms with Gasteiger partial charge in [-0.3, -0.25) is 4.90 Å². The molecule has 1 heterocycles. The predicted molar refractivity (Wildman–Crippen MR) is 87.0 cm³/mol. The SMILES string of the molecule is COc1cccc(N2CCN(C(CN)C3CCC3)CC2)c1. The van der Waals surface area contributed by atoms with Crippen LogP contribution in [-0.4, -0.2) is 50.8 Å². The molecule has 1 saturated carbocycles. The summed E-state index contributed by atoms with van der Waals surface area (Å²) in [7, 11) is 1.72. The third-order valence-corrected chi connectivity index (χ3v) is 5.14. The Balaban J connectivity index is 1.58. The van der Waals surface area contributed by atoms with Crippen molar-refractivity contribution >= 4 is 5.69 Å². The van der Waals surface area contributed by atoms with Gasteiger partial charge in [-0.05, 0) is 30.9 Å². The van der Waals surface area contributed by atoms with Crippen molar-refractivity contribution in [2.45, 2.75) is 25.3 Å². The van der Waals surface area contributed by atoms with Crippen LogP contribution < -0.4 is 15.4 Å². The second-order valence-corrected chi connectivity index (χ2v) is 6.22.